The molecule has 2 aromatic heterocycles. The zero-order valence-corrected chi connectivity index (χ0v) is 11.0. The van der Waals surface area contributed by atoms with Gasteiger partial charge in [-0.15, -0.1) is 11.6 Å². The fraction of sp³-hybridized carbons (Fsp3) is 0.143. The van der Waals surface area contributed by atoms with Gasteiger partial charge in [-0.2, -0.15) is 0 Å². The number of aryl methyl sites for hydroxylation is 1. The highest BCUT2D eigenvalue weighted by Gasteiger charge is 2.14. The molecular weight excluding hydrogens is 265 g/mol. The van der Waals surface area contributed by atoms with E-state index in [2.05, 4.69) is 9.97 Å². The number of nitrogens with zero attached hydrogens (tertiary/aromatic N) is 3. The van der Waals surface area contributed by atoms with E-state index in [0.717, 1.165) is 16.8 Å². The number of hydrogen-bond donors (Lipinski definition) is 0. The number of benzene rings is 1. The van der Waals surface area contributed by atoms with Gasteiger partial charge in [-0.1, -0.05) is 6.07 Å². The predicted octanol–water partition coefficient (Wildman–Crippen LogP) is 3.61. The molecule has 0 spiro atoms. The summed E-state index contributed by atoms with van der Waals surface area (Å²) in [6.07, 6.45) is 1.69. The lowest BCUT2D eigenvalue weighted by Gasteiger charge is -2.10. The quantitative estimate of drug-likeness (QED) is 0.669. The summed E-state index contributed by atoms with van der Waals surface area (Å²) < 4.78 is 15.3. The molecule has 0 saturated carbocycles. The highest BCUT2D eigenvalue weighted by molar-refractivity contribution is 6.16. The Hall–Kier alpha value is -1.94. The van der Waals surface area contributed by atoms with Crippen molar-refractivity contribution >= 4 is 22.8 Å². The number of fused-ring (bicyclic) bond motifs is 1. The van der Waals surface area contributed by atoms with Gasteiger partial charge in [0, 0.05) is 6.20 Å². The second kappa shape index (κ2) is 4.63. The lowest BCUT2D eigenvalue weighted by atomic mass is 10.2. The molecule has 2 heterocycles. The van der Waals surface area contributed by atoms with E-state index in [0.29, 0.717) is 11.5 Å². The maximum absolute atomic E-state index is 13.5. The molecule has 0 amide bonds. The first-order valence-corrected chi connectivity index (χ1v) is 6.39. The van der Waals surface area contributed by atoms with Crippen molar-refractivity contribution in [1.82, 2.24) is 14.5 Å². The van der Waals surface area contributed by atoms with Crippen molar-refractivity contribution in [2.75, 3.05) is 0 Å². The van der Waals surface area contributed by atoms with Gasteiger partial charge in [0.25, 0.3) is 0 Å². The van der Waals surface area contributed by atoms with Crippen LogP contribution in [0, 0.1) is 12.7 Å². The highest BCUT2D eigenvalue weighted by Crippen LogP contribution is 2.24. The van der Waals surface area contributed by atoms with Crippen LogP contribution in [0.25, 0.3) is 16.9 Å². The summed E-state index contributed by atoms with van der Waals surface area (Å²) in [5.41, 5.74) is 3.10. The van der Waals surface area contributed by atoms with Gasteiger partial charge in [0.05, 0.1) is 11.6 Å². The van der Waals surface area contributed by atoms with Crippen LogP contribution >= 0.6 is 11.6 Å². The van der Waals surface area contributed by atoms with Crippen LogP contribution < -0.4 is 0 Å². The smallest absolute Gasteiger partial charge is 0.164 e. The second-order valence-corrected chi connectivity index (χ2v) is 4.54. The van der Waals surface area contributed by atoms with Crippen molar-refractivity contribution in [3.05, 3.63) is 53.7 Å². The largest absolute Gasteiger partial charge is 0.279 e. The van der Waals surface area contributed by atoms with Crippen molar-refractivity contribution in [3.8, 4) is 5.69 Å². The Morgan fingerprint density at radius 2 is 2.16 bits per heavy atom. The Morgan fingerprint density at radius 1 is 1.32 bits per heavy atom. The molecule has 1 aromatic carbocycles. The van der Waals surface area contributed by atoms with Crippen molar-refractivity contribution < 1.29 is 4.39 Å². The summed E-state index contributed by atoms with van der Waals surface area (Å²) in [7, 11) is 0. The summed E-state index contributed by atoms with van der Waals surface area (Å²) in [5.74, 6) is 0.606. The molecule has 3 nitrogen and oxygen atoms in total. The number of halogens is 2. The van der Waals surface area contributed by atoms with E-state index in [1.165, 1.54) is 12.1 Å². The lowest BCUT2D eigenvalue weighted by Crippen LogP contribution is -2.03. The Balaban J connectivity index is 2.37. The van der Waals surface area contributed by atoms with Crippen molar-refractivity contribution in [1.29, 1.82) is 0 Å². The van der Waals surface area contributed by atoms with Gasteiger partial charge < -0.3 is 0 Å². The molecule has 0 atom stereocenters. The Kier molecular flexibility index (Phi) is 2.95. The maximum Gasteiger partial charge on any atom is 0.164 e. The molecule has 0 unspecified atom stereocenters. The molecule has 0 aliphatic carbocycles. The van der Waals surface area contributed by atoms with Crippen LogP contribution in [0.1, 0.15) is 11.4 Å². The standard InChI is InChI=1S/C14H11ClFN3/c1-9-4-5-10(16)7-12(9)19-13(8-15)18-11-3-2-6-17-14(11)19/h2-7H,8H2,1H3. The normalized spacial score (nSPS) is 11.1. The first kappa shape index (κ1) is 12.1. The topological polar surface area (TPSA) is 30.7 Å². The van der Waals surface area contributed by atoms with Crippen LogP contribution in [0.3, 0.4) is 0 Å². The maximum atomic E-state index is 13.5. The van der Waals surface area contributed by atoms with Crippen molar-refractivity contribution in [2.45, 2.75) is 12.8 Å². The SMILES string of the molecule is Cc1ccc(F)cc1-n1c(CCl)nc2cccnc21. The third-order valence-corrected chi connectivity index (χ3v) is 3.26. The fourth-order valence-corrected chi connectivity index (χ4v) is 2.30. The molecule has 0 radical (unpaired) electrons. The summed E-state index contributed by atoms with van der Waals surface area (Å²) >= 11 is 5.94. The second-order valence-electron chi connectivity index (χ2n) is 4.27. The van der Waals surface area contributed by atoms with Gasteiger partial charge in [0.2, 0.25) is 0 Å². The Labute approximate surface area is 114 Å². The number of alkyl halides is 1. The molecule has 3 rings (SSSR count). The van der Waals surface area contributed by atoms with Crippen LogP contribution in [0.4, 0.5) is 4.39 Å². The van der Waals surface area contributed by atoms with Gasteiger partial charge in [0.1, 0.15) is 17.2 Å². The molecule has 5 heteroatoms. The predicted molar refractivity (Wildman–Crippen MR) is 73.1 cm³/mol. The molecule has 0 bridgehead atoms. The van der Waals surface area contributed by atoms with E-state index in [4.69, 9.17) is 11.6 Å². The van der Waals surface area contributed by atoms with Crippen molar-refractivity contribution in [3.63, 3.8) is 0 Å². The molecule has 0 aliphatic rings. The number of pyridine rings is 1. The zero-order chi connectivity index (χ0) is 13.4. The molecule has 0 aliphatic heterocycles. The van der Waals surface area contributed by atoms with E-state index in [1.54, 1.807) is 16.8 Å². The molecule has 0 fully saturated rings. The molecule has 0 saturated heterocycles. The summed E-state index contributed by atoms with van der Waals surface area (Å²) in [6, 6.07) is 8.32. The summed E-state index contributed by atoms with van der Waals surface area (Å²) in [5, 5.41) is 0. The molecule has 3 aromatic rings. The fourth-order valence-electron chi connectivity index (χ4n) is 2.13. The number of aromatic nitrogens is 3. The first-order valence-electron chi connectivity index (χ1n) is 5.85. The molecule has 96 valence electrons. The molecule has 0 N–H and O–H groups in total. The third kappa shape index (κ3) is 1.98. The van der Waals surface area contributed by atoms with Gasteiger partial charge in [-0.05, 0) is 36.8 Å². The first-order chi connectivity index (χ1) is 9.20. The van der Waals surface area contributed by atoms with Crippen LogP contribution in [0.2, 0.25) is 0 Å². The summed E-state index contributed by atoms with van der Waals surface area (Å²) in [4.78, 5) is 8.74. The average molecular weight is 276 g/mol. The van der Waals surface area contributed by atoms with E-state index >= 15 is 0 Å². The van der Waals surface area contributed by atoms with Crippen LogP contribution in [0.5, 0.6) is 0 Å². The number of rotatable bonds is 2. The number of hydrogen-bond acceptors (Lipinski definition) is 2. The average Bonchev–Trinajstić information content (AvgIpc) is 2.80. The van der Waals surface area contributed by atoms with Crippen LogP contribution in [-0.4, -0.2) is 14.5 Å². The van der Waals surface area contributed by atoms with Crippen LogP contribution in [0.15, 0.2) is 36.5 Å². The van der Waals surface area contributed by atoms with E-state index in [9.17, 15) is 4.39 Å². The van der Waals surface area contributed by atoms with Crippen LogP contribution in [-0.2, 0) is 5.88 Å². The third-order valence-electron chi connectivity index (χ3n) is 3.02. The number of imidazole rings is 1. The minimum absolute atomic E-state index is 0.242. The van der Waals surface area contributed by atoms with E-state index in [-0.39, 0.29) is 11.7 Å². The van der Waals surface area contributed by atoms with Gasteiger partial charge >= 0.3 is 0 Å². The van der Waals surface area contributed by atoms with E-state index in [1.807, 2.05) is 19.1 Å². The zero-order valence-electron chi connectivity index (χ0n) is 10.3. The monoisotopic (exact) mass is 275 g/mol. The summed E-state index contributed by atoms with van der Waals surface area (Å²) in [6.45, 7) is 1.92. The highest BCUT2D eigenvalue weighted by atomic mass is 35.5. The Morgan fingerprint density at radius 3 is 2.95 bits per heavy atom. The minimum Gasteiger partial charge on any atom is -0.279 e. The molecule has 19 heavy (non-hydrogen) atoms. The van der Waals surface area contributed by atoms with Gasteiger partial charge in [-0.25, -0.2) is 14.4 Å². The van der Waals surface area contributed by atoms with Gasteiger partial charge in [-0.3, -0.25) is 4.57 Å². The molecular formula is C14H11ClFN3. The van der Waals surface area contributed by atoms with Crippen molar-refractivity contribution in [2.24, 2.45) is 0 Å². The lowest BCUT2D eigenvalue weighted by molar-refractivity contribution is 0.626. The Bertz CT molecular complexity index is 752. The minimum atomic E-state index is -0.293. The van der Waals surface area contributed by atoms with E-state index < -0.39 is 0 Å². The van der Waals surface area contributed by atoms with Gasteiger partial charge in [0.15, 0.2) is 5.65 Å².